The maximum atomic E-state index is 6.07. The lowest BCUT2D eigenvalue weighted by Crippen LogP contribution is -2.16. The van der Waals surface area contributed by atoms with Crippen molar-refractivity contribution in [1.29, 1.82) is 0 Å². The van der Waals surface area contributed by atoms with E-state index in [0.717, 1.165) is 34.8 Å². The lowest BCUT2D eigenvalue weighted by atomic mass is 9.79. The minimum Gasteiger partial charge on any atom is -0.456 e. The Hall–Kier alpha value is -6.96. The van der Waals surface area contributed by atoms with Gasteiger partial charge in [-0.2, -0.15) is 0 Å². The average molecular weight is 757 g/mol. The molecule has 11 rings (SSSR count). The summed E-state index contributed by atoms with van der Waals surface area (Å²) >= 11 is 0. The van der Waals surface area contributed by atoms with Gasteiger partial charge >= 0.3 is 0 Å². The van der Waals surface area contributed by atoms with Crippen LogP contribution in [-0.4, -0.2) is 0 Å². The Kier molecular flexibility index (Phi) is 8.45. The molecule has 0 spiro atoms. The van der Waals surface area contributed by atoms with Crippen LogP contribution in [0.5, 0.6) is 0 Å². The topological polar surface area (TPSA) is 13.1 Å². The molecule has 1 aliphatic carbocycles. The molecule has 0 saturated carbocycles. The van der Waals surface area contributed by atoms with E-state index in [0.29, 0.717) is 0 Å². The zero-order chi connectivity index (χ0) is 39.5. The molecule has 1 atom stereocenters. The largest absolute Gasteiger partial charge is 0.456 e. The summed E-state index contributed by atoms with van der Waals surface area (Å²) < 4.78 is 6.07. The number of rotatable bonds is 8. The molecule has 1 unspecified atom stereocenters. The molecular weight excluding hydrogens is 713 g/mol. The third-order valence-electron chi connectivity index (χ3n) is 13.0. The molecule has 1 nitrogen and oxygen atoms in total. The van der Waals surface area contributed by atoms with Gasteiger partial charge in [0.05, 0.1) is 0 Å². The molecule has 282 valence electrons. The number of benzene rings is 9. The van der Waals surface area contributed by atoms with E-state index in [1.165, 1.54) is 83.1 Å². The minimum atomic E-state index is -0.101. The van der Waals surface area contributed by atoms with Gasteiger partial charge in [-0.05, 0) is 120 Å². The fraction of sp³-hybridized carbons (Fsp3) is 0.103. The van der Waals surface area contributed by atoms with Crippen LogP contribution in [-0.2, 0) is 11.8 Å². The maximum Gasteiger partial charge on any atom is 0.135 e. The smallest absolute Gasteiger partial charge is 0.135 e. The van der Waals surface area contributed by atoms with E-state index in [1.54, 1.807) is 0 Å². The highest BCUT2D eigenvalue weighted by molar-refractivity contribution is 6.06. The molecule has 0 aliphatic heterocycles. The molecule has 0 radical (unpaired) electrons. The zero-order valence-electron chi connectivity index (χ0n) is 33.5. The average Bonchev–Trinajstić information content (AvgIpc) is 3.77. The Morgan fingerprint density at radius 2 is 0.949 bits per heavy atom. The Bertz CT molecular complexity index is 3160. The Labute approximate surface area is 346 Å². The summed E-state index contributed by atoms with van der Waals surface area (Å²) in [5.74, 6) is 0.260. The Morgan fingerprint density at radius 1 is 0.407 bits per heavy atom. The lowest BCUT2D eigenvalue weighted by Gasteiger charge is -2.25. The first-order valence-electron chi connectivity index (χ1n) is 20.9. The second kappa shape index (κ2) is 14.1. The number of para-hydroxylation sites is 1. The van der Waals surface area contributed by atoms with Gasteiger partial charge in [0.25, 0.3) is 0 Å². The monoisotopic (exact) mass is 756 g/mol. The molecule has 1 aromatic heterocycles. The van der Waals surface area contributed by atoms with Crippen molar-refractivity contribution in [2.75, 3.05) is 0 Å². The number of aryl methyl sites for hydroxylation is 1. The van der Waals surface area contributed by atoms with Crippen molar-refractivity contribution < 1.29 is 4.42 Å². The van der Waals surface area contributed by atoms with Crippen LogP contribution in [0.4, 0.5) is 0 Å². The molecule has 59 heavy (non-hydrogen) atoms. The standard InChI is InChI=1S/C58H44O/c1-58(2)54-36-46(39-10-4-3-5-11-39)27-31-50(54)51-32-28-48(37-55(51)58)49(47-26-25-40-12-6-7-13-44(40)34-47)30-18-38-16-19-41(20-17-38)42-21-23-43(24-22-42)45-29-33-57-53(35-45)52-14-8-9-15-56(52)59-57/h3-17,19-29,31-37,49H,18,30H2,1-2H3. The molecule has 0 bridgehead atoms. The number of furan rings is 1. The van der Waals surface area contributed by atoms with Gasteiger partial charge in [-0.3, -0.25) is 0 Å². The normalized spacial score (nSPS) is 13.5. The summed E-state index contributed by atoms with van der Waals surface area (Å²) in [4.78, 5) is 0. The molecule has 1 aliphatic rings. The molecule has 0 amide bonds. The molecule has 1 heterocycles. The summed E-state index contributed by atoms with van der Waals surface area (Å²) in [5, 5.41) is 4.89. The van der Waals surface area contributed by atoms with E-state index in [4.69, 9.17) is 4.42 Å². The molecular formula is C58H44O. The number of hydrogen-bond donors (Lipinski definition) is 0. The number of fused-ring (bicyclic) bond motifs is 7. The number of hydrogen-bond acceptors (Lipinski definition) is 1. The van der Waals surface area contributed by atoms with E-state index >= 15 is 0 Å². The Balaban J connectivity index is 0.867. The van der Waals surface area contributed by atoms with E-state index in [2.05, 4.69) is 202 Å². The van der Waals surface area contributed by atoms with Gasteiger partial charge in [0.2, 0.25) is 0 Å². The predicted octanol–water partition coefficient (Wildman–Crippen LogP) is 15.8. The van der Waals surface area contributed by atoms with Gasteiger partial charge < -0.3 is 4.42 Å². The van der Waals surface area contributed by atoms with Crippen molar-refractivity contribution in [2.24, 2.45) is 0 Å². The van der Waals surface area contributed by atoms with Crippen LogP contribution >= 0.6 is 0 Å². The molecule has 0 N–H and O–H groups in total. The zero-order valence-corrected chi connectivity index (χ0v) is 33.5. The van der Waals surface area contributed by atoms with Crippen LogP contribution in [0.1, 0.15) is 54.0 Å². The highest BCUT2D eigenvalue weighted by Crippen LogP contribution is 2.51. The first-order valence-corrected chi connectivity index (χ1v) is 20.9. The molecule has 1 heteroatoms. The van der Waals surface area contributed by atoms with Crippen molar-refractivity contribution in [2.45, 2.75) is 38.0 Å². The quantitative estimate of drug-likeness (QED) is 0.150. The molecule has 9 aromatic carbocycles. The molecule has 0 fully saturated rings. The third kappa shape index (κ3) is 6.26. The van der Waals surface area contributed by atoms with Crippen LogP contribution in [0.25, 0.3) is 77.2 Å². The second-order valence-electron chi connectivity index (χ2n) is 16.8. The maximum absolute atomic E-state index is 6.07. The minimum absolute atomic E-state index is 0.101. The van der Waals surface area contributed by atoms with Crippen molar-refractivity contribution in [3.05, 3.63) is 228 Å². The Morgan fingerprint density at radius 3 is 1.75 bits per heavy atom. The molecule has 10 aromatic rings. The third-order valence-corrected chi connectivity index (χ3v) is 13.0. The van der Waals surface area contributed by atoms with Gasteiger partial charge in [0.15, 0.2) is 0 Å². The highest BCUT2D eigenvalue weighted by atomic mass is 16.3. The van der Waals surface area contributed by atoms with Crippen LogP contribution in [0, 0.1) is 0 Å². The van der Waals surface area contributed by atoms with Gasteiger partial charge in [-0.25, -0.2) is 0 Å². The van der Waals surface area contributed by atoms with E-state index < -0.39 is 0 Å². The van der Waals surface area contributed by atoms with Gasteiger partial charge in [-0.1, -0.05) is 190 Å². The van der Waals surface area contributed by atoms with E-state index in [9.17, 15) is 0 Å². The summed E-state index contributed by atoms with van der Waals surface area (Å²) in [6.07, 6.45) is 2.01. The summed E-state index contributed by atoms with van der Waals surface area (Å²) in [6.45, 7) is 4.80. The van der Waals surface area contributed by atoms with Crippen molar-refractivity contribution in [3.8, 4) is 44.5 Å². The van der Waals surface area contributed by atoms with E-state index in [-0.39, 0.29) is 11.3 Å². The van der Waals surface area contributed by atoms with Gasteiger partial charge in [0, 0.05) is 22.1 Å². The van der Waals surface area contributed by atoms with Crippen LogP contribution in [0.15, 0.2) is 205 Å². The second-order valence-corrected chi connectivity index (χ2v) is 16.8. The van der Waals surface area contributed by atoms with Crippen molar-refractivity contribution in [1.82, 2.24) is 0 Å². The van der Waals surface area contributed by atoms with Crippen molar-refractivity contribution in [3.63, 3.8) is 0 Å². The van der Waals surface area contributed by atoms with E-state index in [1.807, 2.05) is 12.1 Å². The van der Waals surface area contributed by atoms with Gasteiger partial charge in [0.1, 0.15) is 11.2 Å². The molecule has 0 saturated heterocycles. The summed E-state index contributed by atoms with van der Waals surface area (Å²) in [5.41, 5.74) is 18.8. The first kappa shape index (κ1) is 35.2. The SMILES string of the molecule is CC1(C)c2cc(-c3ccccc3)ccc2-c2ccc(C(CCc3ccc(-c4ccc(-c5ccc6oc7ccccc7c6c5)cc4)cc3)c3ccc4ccccc4c3)cc21. The van der Waals surface area contributed by atoms with Crippen LogP contribution < -0.4 is 0 Å². The van der Waals surface area contributed by atoms with Gasteiger partial charge in [-0.15, -0.1) is 0 Å². The fourth-order valence-electron chi connectivity index (χ4n) is 9.67. The summed E-state index contributed by atoms with van der Waals surface area (Å²) in [6, 6.07) is 73.9. The van der Waals surface area contributed by atoms with Crippen LogP contribution in [0.3, 0.4) is 0 Å². The summed E-state index contributed by atoms with van der Waals surface area (Å²) in [7, 11) is 0. The first-order chi connectivity index (χ1) is 29.0. The highest BCUT2D eigenvalue weighted by Gasteiger charge is 2.36. The fourth-order valence-corrected chi connectivity index (χ4v) is 9.67. The lowest BCUT2D eigenvalue weighted by molar-refractivity contribution is 0.654. The van der Waals surface area contributed by atoms with Crippen molar-refractivity contribution >= 4 is 32.7 Å². The van der Waals surface area contributed by atoms with Crippen LogP contribution in [0.2, 0.25) is 0 Å². The predicted molar refractivity (Wildman–Crippen MR) is 248 cm³/mol.